The van der Waals surface area contributed by atoms with E-state index in [4.69, 9.17) is 11.5 Å². The average molecular weight is 104 g/mol. The molecule has 6 heavy (non-hydrogen) atoms. The number of hydrogen-bond acceptors (Lipinski definition) is 3. The van der Waals surface area contributed by atoms with Crippen molar-refractivity contribution in [2.24, 2.45) is 11.5 Å². The van der Waals surface area contributed by atoms with Crippen LogP contribution in [0.25, 0.3) is 0 Å². The quantitative estimate of drug-likeness (QED) is 0.415. The second-order valence-corrected chi connectivity index (χ2v) is 3.01. The summed E-state index contributed by atoms with van der Waals surface area (Å²) in [5.41, 5.74) is 10.7. The van der Waals surface area contributed by atoms with Crippen molar-refractivity contribution < 1.29 is 0 Å². The Hall–Kier alpha value is 0.270. The van der Waals surface area contributed by atoms with Gasteiger partial charge in [0, 0.05) is 5.75 Å². The summed E-state index contributed by atoms with van der Waals surface area (Å²) < 4.78 is 0. The molecule has 3 heteroatoms. The molecule has 0 aromatic carbocycles. The summed E-state index contributed by atoms with van der Waals surface area (Å²) in [7, 11) is 0. The van der Waals surface area contributed by atoms with Crippen LogP contribution < -0.4 is 11.5 Å². The zero-order chi connectivity index (χ0) is 4.62. The molecule has 0 spiro atoms. The van der Waals surface area contributed by atoms with Crippen molar-refractivity contribution >= 4 is 11.8 Å². The van der Waals surface area contributed by atoms with E-state index < -0.39 is 0 Å². The van der Waals surface area contributed by atoms with Crippen LogP contribution in [0.15, 0.2) is 0 Å². The molecule has 1 heterocycles. The molecule has 36 valence electrons. The fourth-order valence-corrected chi connectivity index (χ4v) is 1.01. The van der Waals surface area contributed by atoms with Gasteiger partial charge < -0.3 is 11.5 Å². The fraction of sp³-hybridized carbons (Fsp3) is 1.00. The first kappa shape index (κ1) is 4.43. The first-order valence-corrected chi connectivity index (χ1v) is 2.91. The Morgan fingerprint density at radius 3 is 1.83 bits per heavy atom. The third-order valence-corrected chi connectivity index (χ3v) is 2.01. The Balaban J connectivity index is 2.31. The summed E-state index contributed by atoms with van der Waals surface area (Å²) in [5, 5.41) is 0. The van der Waals surface area contributed by atoms with Crippen LogP contribution in [-0.4, -0.2) is 10.7 Å². The minimum Gasteiger partial charge on any atom is -0.305 e. The number of hydrogen-bond donors (Lipinski definition) is 2. The first-order chi connectivity index (χ1) is 2.71. The van der Waals surface area contributed by atoms with Crippen LogP contribution >= 0.6 is 11.8 Å². The standard InChI is InChI=1S/C3H8N2S/c4-3(5)1-2-6-3/h1-2,4-5H2. The Labute approximate surface area is 41.3 Å². The van der Waals surface area contributed by atoms with E-state index in [0.717, 1.165) is 12.2 Å². The van der Waals surface area contributed by atoms with Crippen molar-refractivity contribution in [3.05, 3.63) is 0 Å². The molecule has 2 nitrogen and oxygen atoms in total. The Morgan fingerprint density at radius 1 is 1.50 bits per heavy atom. The predicted molar refractivity (Wildman–Crippen MR) is 28.2 cm³/mol. The molecule has 1 rings (SSSR count). The van der Waals surface area contributed by atoms with Crippen molar-refractivity contribution in [3.8, 4) is 0 Å². The van der Waals surface area contributed by atoms with E-state index in [1.165, 1.54) is 0 Å². The summed E-state index contributed by atoms with van der Waals surface area (Å²) >= 11 is 1.62. The van der Waals surface area contributed by atoms with E-state index >= 15 is 0 Å². The van der Waals surface area contributed by atoms with E-state index in [1.807, 2.05) is 0 Å². The number of rotatable bonds is 0. The number of thioether (sulfide) groups is 1. The van der Waals surface area contributed by atoms with Gasteiger partial charge in [0.05, 0.1) is 0 Å². The summed E-state index contributed by atoms with van der Waals surface area (Å²) in [6.45, 7) is 0. The summed E-state index contributed by atoms with van der Waals surface area (Å²) in [6, 6.07) is 0. The third kappa shape index (κ3) is 0.668. The maximum absolute atomic E-state index is 5.36. The van der Waals surface area contributed by atoms with Gasteiger partial charge in [0.25, 0.3) is 0 Å². The molecule has 0 bridgehead atoms. The topological polar surface area (TPSA) is 52.0 Å². The predicted octanol–water partition coefficient (Wildman–Crippen LogP) is -0.306. The summed E-state index contributed by atoms with van der Waals surface area (Å²) in [6.07, 6.45) is 0.970. The lowest BCUT2D eigenvalue weighted by Crippen LogP contribution is -2.52. The van der Waals surface area contributed by atoms with Crippen LogP contribution in [0.5, 0.6) is 0 Å². The van der Waals surface area contributed by atoms with Gasteiger partial charge in [0.1, 0.15) is 4.99 Å². The molecule has 1 aliphatic rings. The van der Waals surface area contributed by atoms with Crippen molar-refractivity contribution in [1.29, 1.82) is 0 Å². The van der Waals surface area contributed by atoms with Gasteiger partial charge in [-0.1, -0.05) is 0 Å². The largest absolute Gasteiger partial charge is 0.305 e. The second-order valence-electron chi connectivity index (χ2n) is 1.55. The molecule has 0 atom stereocenters. The monoisotopic (exact) mass is 104 g/mol. The van der Waals surface area contributed by atoms with Gasteiger partial charge in [-0.15, -0.1) is 11.8 Å². The van der Waals surface area contributed by atoms with Crippen LogP contribution in [0.4, 0.5) is 0 Å². The Kier molecular flexibility index (Phi) is 0.825. The highest BCUT2D eigenvalue weighted by Gasteiger charge is 2.27. The lowest BCUT2D eigenvalue weighted by atomic mass is 10.4. The lowest BCUT2D eigenvalue weighted by Gasteiger charge is -2.32. The lowest BCUT2D eigenvalue weighted by molar-refractivity contribution is 0.585. The molecule has 0 aliphatic carbocycles. The van der Waals surface area contributed by atoms with Crippen molar-refractivity contribution in [2.45, 2.75) is 11.4 Å². The summed E-state index contributed by atoms with van der Waals surface area (Å²) in [5.74, 6) is 1.13. The maximum atomic E-state index is 5.36. The van der Waals surface area contributed by atoms with Crippen molar-refractivity contribution in [1.82, 2.24) is 0 Å². The molecule has 0 aromatic rings. The number of nitrogens with two attached hydrogens (primary N) is 2. The Bertz CT molecular complexity index is 55.8. The zero-order valence-corrected chi connectivity index (χ0v) is 4.29. The minimum absolute atomic E-state index is 0.361. The van der Waals surface area contributed by atoms with E-state index in [-0.39, 0.29) is 4.99 Å². The van der Waals surface area contributed by atoms with Gasteiger partial charge in [-0.25, -0.2) is 0 Å². The van der Waals surface area contributed by atoms with Crippen molar-refractivity contribution in [3.63, 3.8) is 0 Å². The van der Waals surface area contributed by atoms with Crippen molar-refractivity contribution in [2.75, 3.05) is 5.75 Å². The highest BCUT2D eigenvalue weighted by molar-refractivity contribution is 8.01. The van der Waals surface area contributed by atoms with Gasteiger partial charge >= 0.3 is 0 Å². The molecular weight excluding hydrogens is 96.1 g/mol. The van der Waals surface area contributed by atoms with E-state index in [2.05, 4.69) is 0 Å². The first-order valence-electron chi connectivity index (χ1n) is 1.92. The van der Waals surface area contributed by atoms with Crippen LogP contribution in [0.2, 0.25) is 0 Å². The van der Waals surface area contributed by atoms with E-state index in [1.54, 1.807) is 11.8 Å². The SMILES string of the molecule is NC1(N)CCS1. The van der Waals surface area contributed by atoms with E-state index in [9.17, 15) is 0 Å². The zero-order valence-electron chi connectivity index (χ0n) is 3.48. The molecule has 1 saturated heterocycles. The summed E-state index contributed by atoms with van der Waals surface area (Å²) in [4.78, 5) is -0.361. The van der Waals surface area contributed by atoms with Gasteiger partial charge in [-0.3, -0.25) is 0 Å². The van der Waals surface area contributed by atoms with Gasteiger partial charge in [-0.2, -0.15) is 0 Å². The molecule has 0 radical (unpaired) electrons. The van der Waals surface area contributed by atoms with Crippen LogP contribution in [0, 0.1) is 0 Å². The molecular formula is C3H8N2S. The normalized spacial score (nSPS) is 29.0. The van der Waals surface area contributed by atoms with Crippen LogP contribution in [-0.2, 0) is 0 Å². The molecule has 0 unspecified atom stereocenters. The smallest absolute Gasteiger partial charge is 0.112 e. The molecule has 0 aromatic heterocycles. The van der Waals surface area contributed by atoms with Gasteiger partial charge in [0.15, 0.2) is 0 Å². The van der Waals surface area contributed by atoms with Crippen LogP contribution in [0.1, 0.15) is 6.42 Å². The molecule has 1 fully saturated rings. The Morgan fingerprint density at radius 2 is 1.83 bits per heavy atom. The van der Waals surface area contributed by atoms with Gasteiger partial charge in [0.2, 0.25) is 0 Å². The molecule has 4 N–H and O–H groups in total. The highest BCUT2D eigenvalue weighted by atomic mass is 32.2. The van der Waals surface area contributed by atoms with Crippen LogP contribution in [0.3, 0.4) is 0 Å². The third-order valence-electron chi connectivity index (χ3n) is 0.864. The second kappa shape index (κ2) is 1.12. The highest BCUT2D eigenvalue weighted by Crippen LogP contribution is 2.29. The molecule has 1 aliphatic heterocycles. The maximum Gasteiger partial charge on any atom is 0.112 e. The van der Waals surface area contributed by atoms with Gasteiger partial charge in [-0.05, 0) is 6.42 Å². The average Bonchev–Trinajstić information content (AvgIpc) is 1.32. The van der Waals surface area contributed by atoms with E-state index in [0.29, 0.717) is 0 Å². The molecule has 0 amide bonds. The molecule has 0 saturated carbocycles. The minimum atomic E-state index is -0.361. The fourth-order valence-electron chi connectivity index (χ4n) is 0.338.